The van der Waals surface area contributed by atoms with E-state index in [-0.39, 0.29) is 5.63 Å². The summed E-state index contributed by atoms with van der Waals surface area (Å²) in [7, 11) is 0. The van der Waals surface area contributed by atoms with Crippen molar-refractivity contribution in [1.82, 2.24) is 0 Å². The molecule has 1 aromatic carbocycles. The molecule has 1 heterocycles. The van der Waals surface area contributed by atoms with E-state index in [0.717, 1.165) is 16.6 Å². The lowest BCUT2D eigenvalue weighted by Gasteiger charge is -2.02. The highest BCUT2D eigenvalue weighted by atomic mass is 16.4. The quantitative estimate of drug-likeness (QED) is 0.434. The summed E-state index contributed by atoms with van der Waals surface area (Å²) < 4.78 is 5.07. The highest BCUT2D eigenvalue weighted by Gasteiger charge is 2.02. The van der Waals surface area contributed by atoms with Crippen molar-refractivity contribution in [3.05, 3.63) is 40.2 Å². The van der Waals surface area contributed by atoms with Crippen molar-refractivity contribution in [2.75, 3.05) is 5.32 Å². The first-order chi connectivity index (χ1) is 7.20. The predicted molar refractivity (Wildman–Crippen MR) is 59.7 cm³/mol. The van der Waals surface area contributed by atoms with Gasteiger partial charge in [-0.1, -0.05) is 6.42 Å². The van der Waals surface area contributed by atoms with Crippen LogP contribution in [0.1, 0.15) is 5.56 Å². The molecule has 0 saturated heterocycles. The first-order valence-electron chi connectivity index (χ1n) is 4.47. The first kappa shape index (κ1) is 9.35. The lowest BCUT2D eigenvalue weighted by Crippen LogP contribution is -1.98. The zero-order valence-corrected chi connectivity index (χ0v) is 8.20. The van der Waals surface area contributed by atoms with Gasteiger partial charge in [-0.25, -0.2) is 4.79 Å². The molecule has 1 aromatic heterocycles. The number of fused-ring (bicyclic) bond motifs is 1. The van der Waals surface area contributed by atoms with E-state index < -0.39 is 0 Å². The predicted octanol–water partition coefficient (Wildman–Crippen LogP) is 2.10. The van der Waals surface area contributed by atoms with Crippen molar-refractivity contribution >= 4 is 16.7 Å². The molecule has 74 valence electrons. The summed E-state index contributed by atoms with van der Waals surface area (Å²) in [4.78, 5) is 11.1. The SMILES string of the molecule is C#CNc1ccc2c(C)cc(=O)oc2c1. The minimum atomic E-state index is -0.349. The Hall–Kier alpha value is -2.21. The summed E-state index contributed by atoms with van der Waals surface area (Å²) in [6.07, 6.45) is 5.11. The molecule has 0 amide bonds. The second kappa shape index (κ2) is 3.50. The van der Waals surface area contributed by atoms with Crippen molar-refractivity contribution in [3.8, 4) is 12.5 Å². The smallest absolute Gasteiger partial charge is 0.336 e. The van der Waals surface area contributed by atoms with E-state index in [2.05, 4.69) is 11.4 Å². The van der Waals surface area contributed by atoms with Gasteiger partial charge in [0.2, 0.25) is 0 Å². The van der Waals surface area contributed by atoms with Crippen LogP contribution in [0.4, 0.5) is 5.69 Å². The number of hydrogen-bond donors (Lipinski definition) is 1. The molecule has 3 heteroatoms. The van der Waals surface area contributed by atoms with Crippen LogP contribution in [0.2, 0.25) is 0 Å². The molecule has 0 spiro atoms. The molecule has 2 rings (SSSR count). The number of aryl methyl sites for hydroxylation is 1. The van der Waals surface area contributed by atoms with E-state index in [1.54, 1.807) is 6.07 Å². The maximum absolute atomic E-state index is 11.1. The van der Waals surface area contributed by atoms with E-state index >= 15 is 0 Å². The van der Waals surface area contributed by atoms with Gasteiger partial charge in [-0.3, -0.25) is 0 Å². The zero-order valence-electron chi connectivity index (χ0n) is 8.20. The molecule has 0 atom stereocenters. The van der Waals surface area contributed by atoms with E-state index in [0.29, 0.717) is 5.58 Å². The van der Waals surface area contributed by atoms with Gasteiger partial charge in [-0.2, -0.15) is 0 Å². The van der Waals surface area contributed by atoms with Crippen molar-refractivity contribution in [2.24, 2.45) is 0 Å². The highest BCUT2D eigenvalue weighted by Crippen LogP contribution is 2.20. The van der Waals surface area contributed by atoms with Crippen molar-refractivity contribution < 1.29 is 4.42 Å². The molecule has 2 aromatic rings. The lowest BCUT2D eigenvalue weighted by atomic mass is 10.1. The van der Waals surface area contributed by atoms with Gasteiger partial charge in [0.05, 0.1) is 0 Å². The van der Waals surface area contributed by atoms with Crippen LogP contribution in [0.5, 0.6) is 0 Å². The fourth-order valence-corrected chi connectivity index (χ4v) is 1.49. The third kappa shape index (κ3) is 1.70. The number of rotatable bonds is 1. The first-order valence-corrected chi connectivity index (χ1v) is 4.47. The number of terminal acetylenes is 1. The van der Waals surface area contributed by atoms with Gasteiger partial charge >= 0.3 is 5.63 Å². The number of benzene rings is 1. The van der Waals surface area contributed by atoms with Crippen molar-refractivity contribution in [2.45, 2.75) is 6.92 Å². The Bertz CT molecular complexity index is 605. The Balaban J connectivity index is 2.72. The molecule has 0 radical (unpaired) electrons. The Morgan fingerprint density at radius 2 is 2.20 bits per heavy atom. The third-order valence-electron chi connectivity index (χ3n) is 2.17. The summed E-state index contributed by atoms with van der Waals surface area (Å²) in [5.74, 6) is 0. The van der Waals surface area contributed by atoms with Crippen LogP contribution in [0.15, 0.2) is 33.5 Å². The van der Waals surface area contributed by atoms with E-state index in [9.17, 15) is 4.79 Å². The Morgan fingerprint density at radius 1 is 1.40 bits per heavy atom. The monoisotopic (exact) mass is 199 g/mol. The molecule has 0 fully saturated rings. The van der Waals surface area contributed by atoms with Gasteiger partial charge in [0, 0.05) is 29.3 Å². The molecule has 0 aliphatic heterocycles. The highest BCUT2D eigenvalue weighted by molar-refractivity contribution is 5.83. The molecule has 0 unspecified atom stereocenters. The van der Waals surface area contributed by atoms with Crippen LogP contribution in [0.25, 0.3) is 11.0 Å². The molecule has 0 aliphatic rings. The summed E-state index contributed by atoms with van der Waals surface area (Å²) in [5, 5.41) is 3.62. The average Bonchev–Trinajstić information content (AvgIpc) is 2.17. The Morgan fingerprint density at radius 3 is 2.93 bits per heavy atom. The number of nitrogens with one attached hydrogen (secondary N) is 1. The molecule has 3 nitrogen and oxygen atoms in total. The maximum Gasteiger partial charge on any atom is 0.336 e. The van der Waals surface area contributed by atoms with Gasteiger partial charge in [0.1, 0.15) is 5.58 Å². The van der Waals surface area contributed by atoms with Crippen LogP contribution >= 0.6 is 0 Å². The van der Waals surface area contributed by atoms with E-state index in [1.165, 1.54) is 6.07 Å². The normalized spacial score (nSPS) is 9.87. The van der Waals surface area contributed by atoms with E-state index in [1.807, 2.05) is 19.1 Å². The molecule has 0 bridgehead atoms. The van der Waals surface area contributed by atoms with Gasteiger partial charge in [0.25, 0.3) is 0 Å². The third-order valence-corrected chi connectivity index (χ3v) is 2.17. The van der Waals surface area contributed by atoms with Gasteiger partial charge in [0.15, 0.2) is 0 Å². The molecular weight excluding hydrogens is 190 g/mol. The van der Waals surface area contributed by atoms with Gasteiger partial charge in [-0.15, -0.1) is 0 Å². The van der Waals surface area contributed by atoms with Crippen molar-refractivity contribution in [1.29, 1.82) is 0 Å². The zero-order chi connectivity index (χ0) is 10.8. The molecule has 15 heavy (non-hydrogen) atoms. The van der Waals surface area contributed by atoms with Crippen LogP contribution in [-0.4, -0.2) is 0 Å². The molecular formula is C12H9NO2. The van der Waals surface area contributed by atoms with Crippen LogP contribution in [0.3, 0.4) is 0 Å². The summed E-state index contributed by atoms with van der Waals surface area (Å²) in [6.45, 7) is 1.87. The van der Waals surface area contributed by atoms with Crippen molar-refractivity contribution in [3.63, 3.8) is 0 Å². The fourth-order valence-electron chi connectivity index (χ4n) is 1.49. The molecule has 0 saturated carbocycles. The topological polar surface area (TPSA) is 42.2 Å². The summed E-state index contributed by atoms with van der Waals surface area (Å²) in [6, 6.07) is 9.20. The maximum atomic E-state index is 11.1. The molecule has 0 aliphatic carbocycles. The minimum absolute atomic E-state index is 0.349. The second-order valence-electron chi connectivity index (χ2n) is 3.23. The van der Waals surface area contributed by atoms with E-state index in [4.69, 9.17) is 10.8 Å². The Kier molecular flexibility index (Phi) is 2.18. The van der Waals surface area contributed by atoms with Crippen LogP contribution in [-0.2, 0) is 0 Å². The van der Waals surface area contributed by atoms with Crippen LogP contribution < -0.4 is 10.9 Å². The summed E-state index contributed by atoms with van der Waals surface area (Å²) in [5.41, 5.74) is 1.82. The second-order valence-corrected chi connectivity index (χ2v) is 3.23. The Labute approximate surface area is 86.7 Å². The summed E-state index contributed by atoms with van der Waals surface area (Å²) >= 11 is 0. The molecule has 1 N–H and O–H groups in total. The van der Waals surface area contributed by atoms with Gasteiger partial charge < -0.3 is 9.73 Å². The largest absolute Gasteiger partial charge is 0.423 e. The number of hydrogen-bond acceptors (Lipinski definition) is 3. The fraction of sp³-hybridized carbons (Fsp3) is 0.0833. The number of anilines is 1. The average molecular weight is 199 g/mol. The standard InChI is InChI=1S/C12H9NO2/c1-3-13-9-4-5-10-8(2)6-12(14)15-11(10)7-9/h1,4-7,13H,2H3. The lowest BCUT2D eigenvalue weighted by molar-refractivity contribution is 0.560. The van der Waals surface area contributed by atoms with Gasteiger partial charge in [-0.05, 0) is 24.6 Å². The minimum Gasteiger partial charge on any atom is -0.423 e. The van der Waals surface area contributed by atoms with Crippen LogP contribution in [0, 0.1) is 19.4 Å².